The predicted octanol–water partition coefficient (Wildman–Crippen LogP) is 1.69. The summed E-state index contributed by atoms with van der Waals surface area (Å²) in [4.78, 5) is 10.9. The molecule has 1 unspecified atom stereocenters. The summed E-state index contributed by atoms with van der Waals surface area (Å²) in [6.45, 7) is 2.10. The van der Waals surface area contributed by atoms with Crippen molar-refractivity contribution in [3.8, 4) is 0 Å². The molecule has 2 N–H and O–H groups in total. The Morgan fingerprint density at radius 2 is 2.27 bits per heavy atom. The largest absolute Gasteiger partial charge is 0.369 e. The molecule has 0 saturated heterocycles. The molecule has 1 amide bonds. The van der Waals surface area contributed by atoms with Gasteiger partial charge in [0.05, 0.1) is 0 Å². The molecule has 0 aromatic heterocycles. The Balaban J connectivity index is 2.24. The van der Waals surface area contributed by atoms with Gasteiger partial charge in [0.15, 0.2) is 0 Å². The average Bonchev–Trinajstić information content (AvgIpc) is 2.70. The molecule has 0 bridgehead atoms. The van der Waals surface area contributed by atoms with Gasteiger partial charge >= 0.3 is 0 Å². The fourth-order valence-electron chi connectivity index (χ4n) is 1.48. The highest BCUT2D eigenvalue weighted by Gasteiger charge is 2.27. The third-order valence-electron chi connectivity index (χ3n) is 2.35. The van der Waals surface area contributed by atoms with E-state index in [9.17, 15) is 4.79 Å². The standard InChI is InChI=1S/C9H17NO/c1-2-3-8(9(10)11)6-7-4-5-7/h7-8H,2-6H2,1H3,(H2,10,11). The van der Waals surface area contributed by atoms with Gasteiger partial charge in [-0.15, -0.1) is 0 Å². The molecular weight excluding hydrogens is 138 g/mol. The van der Waals surface area contributed by atoms with Crippen LogP contribution in [0, 0.1) is 11.8 Å². The molecule has 0 aromatic carbocycles. The van der Waals surface area contributed by atoms with Gasteiger partial charge in [-0.1, -0.05) is 26.2 Å². The number of amides is 1. The highest BCUT2D eigenvalue weighted by Crippen LogP contribution is 2.36. The molecule has 1 aliphatic carbocycles. The molecule has 0 radical (unpaired) electrons. The highest BCUT2D eigenvalue weighted by atomic mass is 16.1. The zero-order valence-corrected chi connectivity index (χ0v) is 7.18. The molecule has 1 rings (SSSR count). The molecule has 1 fully saturated rings. The number of nitrogens with two attached hydrogens (primary N) is 1. The molecule has 1 saturated carbocycles. The third-order valence-corrected chi connectivity index (χ3v) is 2.35. The van der Waals surface area contributed by atoms with Crippen LogP contribution < -0.4 is 5.73 Å². The van der Waals surface area contributed by atoms with E-state index < -0.39 is 0 Å². The number of hydrogen-bond donors (Lipinski definition) is 1. The van der Waals surface area contributed by atoms with Gasteiger partial charge in [0.1, 0.15) is 0 Å². The Bertz CT molecular complexity index is 140. The van der Waals surface area contributed by atoms with Crippen LogP contribution in [0.5, 0.6) is 0 Å². The summed E-state index contributed by atoms with van der Waals surface area (Å²) < 4.78 is 0. The first kappa shape index (κ1) is 8.57. The van der Waals surface area contributed by atoms with Crippen molar-refractivity contribution in [2.24, 2.45) is 17.6 Å². The summed E-state index contributed by atoms with van der Waals surface area (Å²) in [5.74, 6) is 0.880. The van der Waals surface area contributed by atoms with Crippen LogP contribution in [0.2, 0.25) is 0 Å². The first-order chi connectivity index (χ1) is 5.24. The summed E-state index contributed by atoms with van der Waals surface area (Å²) in [5.41, 5.74) is 5.26. The van der Waals surface area contributed by atoms with Crippen LogP contribution in [0.1, 0.15) is 39.0 Å². The van der Waals surface area contributed by atoms with Crippen LogP contribution in [0.3, 0.4) is 0 Å². The zero-order valence-electron chi connectivity index (χ0n) is 7.18. The lowest BCUT2D eigenvalue weighted by molar-refractivity contribution is -0.122. The van der Waals surface area contributed by atoms with E-state index >= 15 is 0 Å². The van der Waals surface area contributed by atoms with Crippen molar-refractivity contribution in [2.75, 3.05) is 0 Å². The lowest BCUT2D eigenvalue weighted by Gasteiger charge is -2.10. The summed E-state index contributed by atoms with van der Waals surface area (Å²) >= 11 is 0. The van der Waals surface area contributed by atoms with E-state index in [1.807, 2.05) is 0 Å². The lowest BCUT2D eigenvalue weighted by Crippen LogP contribution is -2.23. The summed E-state index contributed by atoms with van der Waals surface area (Å²) in [6.07, 6.45) is 5.72. The van der Waals surface area contributed by atoms with E-state index in [0.717, 1.165) is 25.2 Å². The maximum Gasteiger partial charge on any atom is 0.220 e. The average molecular weight is 155 g/mol. The Labute approximate surface area is 68.2 Å². The molecule has 0 aliphatic heterocycles. The van der Waals surface area contributed by atoms with Gasteiger partial charge in [-0.25, -0.2) is 0 Å². The van der Waals surface area contributed by atoms with Crippen LogP contribution in [-0.4, -0.2) is 5.91 Å². The maximum absolute atomic E-state index is 10.9. The van der Waals surface area contributed by atoms with Crippen molar-refractivity contribution in [1.29, 1.82) is 0 Å². The van der Waals surface area contributed by atoms with Crippen LogP contribution in [0.25, 0.3) is 0 Å². The van der Waals surface area contributed by atoms with Crippen molar-refractivity contribution < 1.29 is 4.79 Å². The summed E-state index contributed by atoms with van der Waals surface area (Å²) in [6, 6.07) is 0. The van der Waals surface area contributed by atoms with Gasteiger partial charge in [0, 0.05) is 5.92 Å². The molecule has 0 spiro atoms. The van der Waals surface area contributed by atoms with Crippen molar-refractivity contribution >= 4 is 5.91 Å². The number of hydrogen-bond acceptors (Lipinski definition) is 1. The van der Waals surface area contributed by atoms with Crippen LogP contribution in [-0.2, 0) is 4.79 Å². The number of carbonyl (C=O) groups excluding carboxylic acids is 1. The minimum absolute atomic E-state index is 0.0984. The van der Waals surface area contributed by atoms with Gasteiger partial charge in [-0.3, -0.25) is 4.79 Å². The van der Waals surface area contributed by atoms with Crippen molar-refractivity contribution in [3.05, 3.63) is 0 Å². The summed E-state index contributed by atoms with van der Waals surface area (Å²) in [7, 11) is 0. The lowest BCUT2D eigenvalue weighted by atomic mass is 9.97. The van der Waals surface area contributed by atoms with Crippen LogP contribution >= 0.6 is 0 Å². The Morgan fingerprint density at radius 1 is 1.64 bits per heavy atom. The highest BCUT2D eigenvalue weighted by molar-refractivity contribution is 5.76. The molecule has 1 atom stereocenters. The number of rotatable bonds is 5. The minimum Gasteiger partial charge on any atom is -0.369 e. The van der Waals surface area contributed by atoms with Crippen molar-refractivity contribution in [3.63, 3.8) is 0 Å². The number of carbonyl (C=O) groups is 1. The monoisotopic (exact) mass is 155 g/mol. The molecule has 0 aromatic rings. The number of primary amides is 1. The summed E-state index contributed by atoms with van der Waals surface area (Å²) in [5, 5.41) is 0. The Hall–Kier alpha value is -0.530. The van der Waals surface area contributed by atoms with E-state index in [0.29, 0.717) is 0 Å². The van der Waals surface area contributed by atoms with Gasteiger partial charge in [0.25, 0.3) is 0 Å². The second-order valence-corrected chi connectivity index (χ2v) is 3.57. The predicted molar refractivity (Wildman–Crippen MR) is 44.9 cm³/mol. The van der Waals surface area contributed by atoms with Gasteiger partial charge < -0.3 is 5.73 Å². The van der Waals surface area contributed by atoms with Crippen LogP contribution in [0.15, 0.2) is 0 Å². The van der Waals surface area contributed by atoms with Crippen molar-refractivity contribution in [2.45, 2.75) is 39.0 Å². The molecule has 11 heavy (non-hydrogen) atoms. The maximum atomic E-state index is 10.9. The fourth-order valence-corrected chi connectivity index (χ4v) is 1.48. The molecule has 1 aliphatic rings. The van der Waals surface area contributed by atoms with E-state index in [1.165, 1.54) is 12.8 Å². The van der Waals surface area contributed by atoms with E-state index in [-0.39, 0.29) is 11.8 Å². The van der Waals surface area contributed by atoms with Gasteiger partial charge in [-0.05, 0) is 18.8 Å². The minimum atomic E-state index is -0.0984. The van der Waals surface area contributed by atoms with Gasteiger partial charge in [0.2, 0.25) is 5.91 Å². The van der Waals surface area contributed by atoms with E-state index in [4.69, 9.17) is 5.73 Å². The topological polar surface area (TPSA) is 43.1 Å². The van der Waals surface area contributed by atoms with E-state index in [2.05, 4.69) is 6.92 Å². The SMILES string of the molecule is CCCC(CC1CC1)C(N)=O. The van der Waals surface area contributed by atoms with Gasteiger partial charge in [-0.2, -0.15) is 0 Å². The Kier molecular flexibility index (Phi) is 2.92. The smallest absolute Gasteiger partial charge is 0.220 e. The molecule has 2 heteroatoms. The first-order valence-corrected chi connectivity index (χ1v) is 4.53. The Morgan fingerprint density at radius 3 is 2.64 bits per heavy atom. The molecule has 64 valence electrons. The van der Waals surface area contributed by atoms with Crippen LogP contribution in [0.4, 0.5) is 0 Å². The van der Waals surface area contributed by atoms with Crippen molar-refractivity contribution in [1.82, 2.24) is 0 Å². The fraction of sp³-hybridized carbons (Fsp3) is 0.889. The first-order valence-electron chi connectivity index (χ1n) is 4.53. The normalized spacial score (nSPS) is 19.7. The second-order valence-electron chi connectivity index (χ2n) is 3.57. The quantitative estimate of drug-likeness (QED) is 0.645. The second kappa shape index (κ2) is 3.74. The third kappa shape index (κ3) is 2.91. The molecule has 2 nitrogen and oxygen atoms in total. The molecular formula is C9H17NO. The zero-order chi connectivity index (χ0) is 8.27. The van der Waals surface area contributed by atoms with E-state index in [1.54, 1.807) is 0 Å². The molecule has 0 heterocycles.